The Bertz CT molecular complexity index is 644. The van der Waals surface area contributed by atoms with Crippen molar-refractivity contribution in [2.75, 3.05) is 0 Å². The van der Waals surface area contributed by atoms with Crippen LogP contribution >= 0.6 is 0 Å². The maximum atomic E-state index is 12.5. The van der Waals surface area contributed by atoms with Crippen LogP contribution in [0.2, 0.25) is 0 Å². The van der Waals surface area contributed by atoms with E-state index in [0.717, 1.165) is 17.0 Å². The number of amides is 1. The quantitative estimate of drug-likeness (QED) is 0.875. The summed E-state index contributed by atoms with van der Waals surface area (Å²) >= 11 is 0. The number of aromatic amines is 1. The monoisotopic (exact) mass is 285 g/mol. The molecule has 0 saturated heterocycles. The maximum Gasteiger partial charge on any atom is 0.411 e. The number of hydrogen-bond donors (Lipinski definition) is 1. The normalized spacial score (nSPS) is 17.7. The Balaban J connectivity index is 1.96. The van der Waals surface area contributed by atoms with Crippen molar-refractivity contribution in [3.8, 4) is 0 Å². The van der Waals surface area contributed by atoms with Gasteiger partial charge in [0.25, 0.3) is 0 Å². The number of imidazole rings is 1. The van der Waals surface area contributed by atoms with Crippen LogP contribution < -0.4 is 0 Å². The molecule has 5 heteroatoms. The Morgan fingerprint density at radius 1 is 1.38 bits per heavy atom. The number of nitrogens with zero attached hydrogens (tertiary/aromatic N) is 2. The van der Waals surface area contributed by atoms with Gasteiger partial charge in [0.05, 0.1) is 6.54 Å². The van der Waals surface area contributed by atoms with Gasteiger partial charge in [-0.1, -0.05) is 24.3 Å². The van der Waals surface area contributed by atoms with Gasteiger partial charge >= 0.3 is 6.09 Å². The van der Waals surface area contributed by atoms with Gasteiger partial charge in [0.15, 0.2) is 0 Å². The highest BCUT2D eigenvalue weighted by Crippen LogP contribution is 2.37. The molecule has 0 saturated carbocycles. The van der Waals surface area contributed by atoms with Gasteiger partial charge in [-0.05, 0) is 31.9 Å². The lowest BCUT2D eigenvalue weighted by Crippen LogP contribution is -2.36. The smallest absolute Gasteiger partial charge is 0.411 e. The molecule has 3 rings (SSSR count). The zero-order chi connectivity index (χ0) is 15.0. The van der Waals surface area contributed by atoms with E-state index >= 15 is 0 Å². The standard InChI is InChI=1S/C16H19N3O2/c1-16(2,3)21-15(20)19-10-11-6-4-5-7-12(11)13(19)14-17-8-9-18-14/h4-9,13H,10H2,1-3H3,(H,17,18). The minimum absolute atomic E-state index is 0.217. The Labute approximate surface area is 124 Å². The number of nitrogens with one attached hydrogen (secondary N) is 1. The highest BCUT2D eigenvalue weighted by atomic mass is 16.6. The van der Waals surface area contributed by atoms with Crippen LogP contribution in [0.4, 0.5) is 4.79 Å². The van der Waals surface area contributed by atoms with Gasteiger partial charge in [0.1, 0.15) is 17.5 Å². The van der Waals surface area contributed by atoms with Crippen molar-refractivity contribution in [2.24, 2.45) is 0 Å². The highest BCUT2D eigenvalue weighted by molar-refractivity contribution is 5.71. The lowest BCUT2D eigenvalue weighted by molar-refractivity contribution is 0.0197. The summed E-state index contributed by atoms with van der Waals surface area (Å²) in [5.74, 6) is 0.755. The van der Waals surface area contributed by atoms with Crippen molar-refractivity contribution < 1.29 is 9.53 Å². The van der Waals surface area contributed by atoms with Crippen molar-refractivity contribution >= 4 is 6.09 Å². The fourth-order valence-corrected chi connectivity index (χ4v) is 2.60. The number of rotatable bonds is 1. The molecule has 1 atom stereocenters. The van der Waals surface area contributed by atoms with Crippen molar-refractivity contribution in [3.05, 3.63) is 53.6 Å². The first-order chi connectivity index (χ1) is 9.96. The van der Waals surface area contributed by atoms with E-state index in [9.17, 15) is 4.79 Å². The van der Waals surface area contributed by atoms with E-state index in [0.29, 0.717) is 6.54 Å². The molecule has 5 nitrogen and oxygen atoms in total. The van der Waals surface area contributed by atoms with E-state index in [2.05, 4.69) is 9.97 Å². The van der Waals surface area contributed by atoms with Crippen molar-refractivity contribution in [1.29, 1.82) is 0 Å². The van der Waals surface area contributed by atoms with Gasteiger partial charge in [-0.2, -0.15) is 0 Å². The number of carbonyl (C=O) groups is 1. The van der Waals surface area contributed by atoms with Crippen LogP contribution in [0.3, 0.4) is 0 Å². The molecule has 0 spiro atoms. The molecule has 0 radical (unpaired) electrons. The van der Waals surface area contributed by atoms with E-state index in [1.165, 1.54) is 0 Å². The zero-order valence-electron chi connectivity index (χ0n) is 12.5. The molecule has 2 aromatic rings. The highest BCUT2D eigenvalue weighted by Gasteiger charge is 2.38. The summed E-state index contributed by atoms with van der Waals surface area (Å²) in [5.41, 5.74) is 1.71. The molecular weight excluding hydrogens is 266 g/mol. The van der Waals surface area contributed by atoms with Crippen molar-refractivity contribution in [1.82, 2.24) is 14.9 Å². The summed E-state index contributed by atoms with van der Waals surface area (Å²) in [6.45, 7) is 6.15. The summed E-state index contributed by atoms with van der Waals surface area (Å²) in [7, 11) is 0. The lowest BCUT2D eigenvalue weighted by atomic mass is 10.0. The first-order valence-corrected chi connectivity index (χ1v) is 7.02. The van der Waals surface area contributed by atoms with Crippen LogP contribution in [-0.2, 0) is 11.3 Å². The lowest BCUT2D eigenvalue weighted by Gasteiger charge is -2.28. The number of H-pyrrole nitrogens is 1. The molecule has 21 heavy (non-hydrogen) atoms. The molecule has 1 aliphatic rings. The Hall–Kier alpha value is -2.30. The minimum atomic E-state index is -0.514. The Morgan fingerprint density at radius 2 is 2.14 bits per heavy atom. The van der Waals surface area contributed by atoms with E-state index in [1.807, 2.05) is 45.0 Å². The van der Waals surface area contributed by atoms with Crippen LogP contribution in [0.25, 0.3) is 0 Å². The SMILES string of the molecule is CC(C)(C)OC(=O)N1Cc2ccccc2C1c1ncc[nH]1. The van der Waals surface area contributed by atoms with Crippen molar-refractivity contribution in [3.63, 3.8) is 0 Å². The van der Waals surface area contributed by atoms with E-state index < -0.39 is 5.60 Å². The minimum Gasteiger partial charge on any atom is -0.444 e. The topological polar surface area (TPSA) is 58.2 Å². The second-order valence-electron chi connectivity index (χ2n) is 6.18. The molecule has 1 amide bonds. The molecule has 1 unspecified atom stereocenters. The third-order valence-corrected chi connectivity index (χ3v) is 3.41. The first-order valence-electron chi connectivity index (χ1n) is 7.02. The van der Waals surface area contributed by atoms with Gasteiger partial charge in [-0.3, -0.25) is 4.90 Å². The molecule has 0 bridgehead atoms. The van der Waals surface area contributed by atoms with Gasteiger partial charge in [-0.25, -0.2) is 9.78 Å². The number of hydrogen-bond acceptors (Lipinski definition) is 3. The number of carbonyl (C=O) groups excluding carboxylic acids is 1. The van der Waals surface area contributed by atoms with Crippen LogP contribution in [0.5, 0.6) is 0 Å². The van der Waals surface area contributed by atoms with Crippen LogP contribution in [0.1, 0.15) is 43.8 Å². The van der Waals surface area contributed by atoms with Gasteiger partial charge in [0, 0.05) is 12.4 Å². The predicted molar refractivity (Wildman–Crippen MR) is 78.6 cm³/mol. The van der Waals surface area contributed by atoms with E-state index in [4.69, 9.17) is 4.74 Å². The van der Waals surface area contributed by atoms with E-state index in [1.54, 1.807) is 17.3 Å². The summed E-state index contributed by atoms with van der Waals surface area (Å²) in [5, 5.41) is 0. The van der Waals surface area contributed by atoms with Crippen LogP contribution in [0.15, 0.2) is 36.7 Å². The number of ether oxygens (including phenoxy) is 1. The molecule has 1 aromatic carbocycles. The average Bonchev–Trinajstić information content (AvgIpc) is 3.03. The molecule has 1 aliphatic heterocycles. The molecule has 110 valence electrons. The van der Waals surface area contributed by atoms with Crippen molar-refractivity contribution in [2.45, 2.75) is 39.0 Å². The van der Waals surface area contributed by atoms with Gasteiger partial charge in [-0.15, -0.1) is 0 Å². The van der Waals surface area contributed by atoms with Gasteiger partial charge < -0.3 is 9.72 Å². The molecule has 2 heterocycles. The average molecular weight is 285 g/mol. The second kappa shape index (κ2) is 4.91. The largest absolute Gasteiger partial charge is 0.444 e. The van der Waals surface area contributed by atoms with E-state index in [-0.39, 0.29) is 12.1 Å². The maximum absolute atomic E-state index is 12.5. The van der Waals surface area contributed by atoms with Crippen LogP contribution in [0, 0.1) is 0 Å². The molecule has 0 aliphatic carbocycles. The summed E-state index contributed by atoms with van der Waals surface area (Å²) in [6.07, 6.45) is 3.15. The third-order valence-electron chi connectivity index (χ3n) is 3.41. The van der Waals surface area contributed by atoms with Gasteiger partial charge in [0.2, 0.25) is 0 Å². The first kappa shape index (κ1) is 13.7. The summed E-state index contributed by atoms with van der Waals surface area (Å²) in [4.78, 5) is 21.6. The Morgan fingerprint density at radius 3 is 2.81 bits per heavy atom. The molecule has 1 N–H and O–H groups in total. The molecule has 1 aromatic heterocycles. The second-order valence-corrected chi connectivity index (χ2v) is 6.18. The number of fused-ring (bicyclic) bond motifs is 1. The fourth-order valence-electron chi connectivity index (χ4n) is 2.60. The number of aromatic nitrogens is 2. The summed E-state index contributed by atoms with van der Waals surface area (Å²) < 4.78 is 5.53. The Kier molecular flexibility index (Phi) is 3.20. The van der Waals surface area contributed by atoms with Crippen LogP contribution in [-0.4, -0.2) is 26.6 Å². The predicted octanol–water partition coefficient (Wildman–Crippen LogP) is 3.25. The summed E-state index contributed by atoms with van der Waals surface area (Å²) in [6, 6.07) is 7.82. The zero-order valence-corrected chi connectivity index (χ0v) is 12.5. The molecule has 0 fully saturated rings. The number of benzene rings is 1. The third kappa shape index (κ3) is 2.63. The fraction of sp³-hybridized carbons (Fsp3) is 0.375. The molecular formula is C16H19N3O2.